The highest BCUT2D eigenvalue weighted by molar-refractivity contribution is 5.91. The van der Waals surface area contributed by atoms with Gasteiger partial charge in [-0.2, -0.15) is 0 Å². The first-order valence-corrected chi connectivity index (χ1v) is 7.01. The van der Waals surface area contributed by atoms with Gasteiger partial charge >= 0.3 is 0 Å². The van der Waals surface area contributed by atoms with Gasteiger partial charge in [-0.1, -0.05) is 0 Å². The van der Waals surface area contributed by atoms with Crippen LogP contribution >= 0.6 is 0 Å². The molecular weight excluding hydrogens is 331 g/mol. The van der Waals surface area contributed by atoms with Gasteiger partial charge in [0.2, 0.25) is 0 Å². The molecule has 0 aliphatic rings. The maximum Gasteiger partial charge on any atom is 0.279 e. The highest BCUT2D eigenvalue weighted by atomic mass is 19.2. The Balaban J connectivity index is 1.97. The molecule has 0 spiro atoms. The smallest absolute Gasteiger partial charge is 0.279 e. The second-order valence-corrected chi connectivity index (χ2v) is 5.17. The van der Waals surface area contributed by atoms with Crippen molar-refractivity contribution in [3.05, 3.63) is 65.0 Å². The van der Waals surface area contributed by atoms with Crippen molar-refractivity contribution in [3.8, 4) is 0 Å². The number of carbonyl (C=O) groups is 1. The van der Waals surface area contributed by atoms with Gasteiger partial charge in [0.1, 0.15) is 17.7 Å². The Kier molecular flexibility index (Phi) is 5.50. The van der Waals surface area contributed by atoms with E-state index in [2.05, 4.69) is 5.32 Å². The van der Waals surface area contributed by atoms with Gasteiger partial charge in [0.05, 0.1) is 5.69 Å². The lowest BCUT2D eigenvalue weighted by Crippen LogP contribution is -2.86. The summed E-state index contributed by atoms with van der Waals surface area (Å²) >= 11 is 0. The summed E-state index contributed by atoms with van der Waals surface area (Å²) in [6.07, 6.45) is 0. The number of anilines is 1. The maximum atomic E-state index is 13.6. The zero-order chi connectivity index (χ0) is 17.9. The number of hydrogen-bond acceptors (Lipinski definition) is 1. The van der Waals surface area contributed by atoms with Crippen LogP contribution in [-0.2, 0) is 4.79 Å². The molecule has 0 saturated carbocycles. The molecule has 0 fully saturated rings. The molecular formula is C16H14F5N2O+. The average molecular weight is 345 g/mol. The summed E-state index contributed by atoms with van der Waals surface area (Å²) < 4.78 is 65.8. The topological polar surface area (TPSA) is 45.7 Å². The highest BCUT2D eigenvalue weighted by Gasteiger charge is 2.18. The molecule has 0 heterocycles. The van der Waals surface area contributed by atoms with Gasteiger partial charge in [-0.25, -0.2) is 22.0 Å². The molecule has 0 bridgehead atoms. The fourth-order valence-corrected chi connectivity index (χ4v) is 2.11. The average Bonchev–Trinajstić information content (AvgIpc) is 2.53. The van der Waals surface area contributed by atoms with Crippen LogP contribution in [0, 0.1) is 29.1 Å². The molecule has 3 N–H and O–H groups in total. The summed E-state index contributed by atoms with van der Waals surface area (Å²) in [5.74, 6) is -6.69. The Morgan fingerprint density at radius 3 is 2.42 bits per heavy atom. The number of benzene rings is 2. The Labute approximate surface area is 134 Å². The van der Waals surface area contributed by atoms with E-state index in [0.717, 1.165) is 18.2 Å². The van der Waals surface area contributed by atoms with Crippen LogP contribution in [0.3, 0.4) is 0 Å². The SMILES string of the molecule is C[C@@H]([NH2+]CC(=O)Nc1ccc(F)c(F)c1F)c1ccc(F)cc1F. The second kappa shape index (κ2) is 7.39. The quantitative estimate of drug-likeness (QED) is 0.635. The summed E-state index contributed by atoms with van der Waals surface area (Å²) in [6.45, 7) is 1.37. The predicted molar refractivity (Wildman–Crippen MR) is 76.5 cm³/mol. The zero-order valence-electron chi connectivity index (χ0n) is 12.5. The molecule has 3 nitrogen and oxygen atoms in total. The van der Waals surface area contributed by atoms with Crippen LogP contribution in [0.2, 0.25) is 0 Å². The number of rotatable bonds is 5. The normalized spacial score (nSPS) is 12.1. The molecule has 1 atom stereocenters. The molecule has 0 aromatic heterocycles. The van der Waals surface area contributed by atoms with Gasteiger partial charge in [0.25, 0.3) is 5.91 Å². The van der Waals surface area contributed by atoms with E-state index in [-0.39, 0.29) is 12.1 Å². The van der Waals surface area contributed by atoms with Gasteiger partial charge in [-0.3, -0.25) is 4.79 Å². The first kappa shape index (κ1) is 17.9. The Hall–Kier alpha value is -2.48. The lowest BCUT2D eigenvalue weighted by atomic mass is 10.1. The summed E-state index contributed by atoms with van der Waals surface area (Å²) in [6, 6.07) is 4.17. The van der Waals surface area contributed by atoms with Crippen LogP contribution in [0.15, 0.2) is 30.3 Å². The third kappa shape index (κ3) is 4.08. The monoisotopic (exact) mass is 345 g/mol. The van der Waals surface area contributed by atoms with Crippen molar-refractivity contribution in [2.24, 2.45) is 0 Å². The van der Waals surface area contributed by atoms with Gasteiger partial charge < -0.3 is 10.6 Å². The third-order valence-electron chi connectivity index (χ3n) is 3.42. The molecule has 8 heteroatoms. The molecule has 128 valence electrons. The van der Waals surface area contributed by atoms with Gasteiger partial charge in [0.15, 0.2) is 24.0 Å². The fourth-order valence-electron chi connectivity index (χ4n) is 2.11. The maximum absolute atomic E-state index is 13.6. The van der Waals surface area contributed by atoms with Crippen molar-refractivity contribution in [2.45, 2.75) is 13.0 Å². The van der Waals surface area contributed by atoms with Crippen molar-refractivity contribution in [3.63, 3.8) is 0 Å². The second-order valence-electron chi connectivity index (χ2n) is 5.17. The van der Waals surface area contributed by atoms with Crippen molar-refractivity contribution in [1.82, 2.24) is 0 Å². The summed E-state index contributed by atoms with van der Waals surface area (Å²) in [5.41, 5.74) is -0.295. The predicted octanol–water partition coefficient (Wildman–Crippen LogP) is 2.65. The largest absolute Gasteiger partial charge is 0.332 e. The highest BCUT2D eigenvalue weighted by Crippen LogP contribution is 2.19. The summed E-state index contributed by atoms with van der Waals surface area (Å²) in [5, 5.41) is 3.54. The van der Waals surface area contributed by atoms with E-state index in [9.17, 15) is 26.7 Å². The van der Waals surface area contributed by atoms with Crippen molar-refractivity contribution < 1.29 is 32.1 Å². The number of quaternary nitrogens is 1. The van der Waals surface area contributed by atoms with Crippen molar-refractivity contribution >= 4 is 11.6 Å². The van der Waals surface area contributed by atoms with Crippen LogP contribution in [0.4, 0.5) is 27.6 Å². The van der Waals surface area contributed by atoms with E-state index in [0.29, 0.717) is 6.07 Å². The molecule has 0 radical (unpaired) electrons. The van der Waals surface area contributed by atoms with Crippen LogP contribution in [0.25, 0.3) is 0 Å². The third-order valence-corrected chi connectivity index (χ3v) is 3.42. The van der Waals surface area contributed by atoms with Crippen molar-refractivity contribution in [1.29, 1.82) is 0 Å². The minimum absolute atomic E-state index is 0.197. The van der Waals surface area contributed by atoms with E-state index < -0.39 is 46.7 Å². The minimum Gasteiger partial charge on any atom is -0.332 e. The molecule has 0 aliphatic carbocycles. The minimum atomic E-state index is -1.68. The molecule has 2 aromatic rings. The first-order valence-electron chi connectivity index (χ1n) is 7.01. The van der Waals surface area contributed by atoms with Crippen molar-refractivity contribution in [2.75, 3.05) is 11.9 Å². The molecule has 0 unspecified atom stereocenters. The molecule has 2 aromatic carbocycles. The van der Waals surface area contributed by atoms with Crippen LogP contribution in [-0.4, -0.2) is 12.5 Å². The Morgan fingerprint density at radius 2 is 1.75 bits per heavy atom. The zero-order valence-corrected chi connectivity index (χ0v) is 12.5. The van der Waals surface area contributed by atoms with E-state index in [1.54, 1.807) is 6.92 Å². The Bertz CT molecular complexity index is 766. The number of carbonyl (C=O) groups excluding carboxylic acids is 1. The van der Waals surface area contributed by atoms with E-state index in [1.807, 2.05) is 0 Å². The van der Waals surface area contributed by atoms with E-state index in [1.165, 1.54) is 11.4 Å². The van der Waals surface area contributed by atoms with Crippen LogP contribution in [0.5, 0.6) is 0 Å². The molecule has 0 aliphatic heterocycles. The summed E-state index contributed by atoms with van der Waals surface area (Å²) in [4.78, 5) is 11.8. The van der Waals surface area contributed by atoms with Gasteiger partial charge in [0, 0.05) is 11.6 Å². The Morgan fingerprint density at radius 1 is 1.04 bits per heavy atom. The number of nitrogens with one attached hydrogen (secondary N) is 1. The first-order chi connectivity index (χ1) is 11.3. The molecule has 24 heavy (non-hydrogen) atoms. The van der Waals surface area contributed by atoms with E-state index >= 15 is 0 Å². The fraction of sp³-hybridized carbons (Fsp3) is 0.188. The lowest BCUT2D eigenvalue weighted by molar-refractivity contribution is -0.682. The molecule has 2 rings (SSSR count). The lowest BCUT2D eigenvalue weighted by Gasteiger charge is -2.12. The standard InChI is InChI=1S/C16H13F5N2O/c1-8(10-3-2-9(17)6-12(10)19)22-7-14(24)23-13-5-4-11(18)15(20)16(13)21/h2-6,8,22H,7H2,1H3,(H,23,24)/p+1/t8-/m1/s1. The van der Waals surface area contributed by atoms with Gasteiger partial charge in [-0.15, -0.1) is 0 Å². The number of hydrogen-bond donors (Lipinski definition) is 2. The van der Waals surface area contributed by atoms with E-state index in [4.69, 9.17) is 0 Å². The number of amides is 1. The number of nitrogens with two attached hydrogens (primary N) is 1. The molecule has 0 saturated heterocycles. The van der Waals surface area contributed by atoms with Gasteiger partial charge in [-0.05, 0) is 31.2 Å². The van der Waals surface area contributed by atoms with Crippen LogP contribution < -0.4 is 10.6 Å². The number of halogens is 5. The van der Waals surface area contributed by atoms with Crippen LogP contribution in [0.1, 0.15) is 18.5 Å². The summed E-state index contributed by atoms with van der Waals surface area (Å²) in [7, 11) is 0. The molecule has 1 amide bonds.